The van der Waals surface area contributed by atoms with Gasteiger partial charge in [0.15, 0.2) is 0 Å². The van der Waals surface area contributed by atoms with Crippen molar-refractivity contribution in [1.29, 1.82) is 5.26 Å². The van der Waals surface area contributed by atoms with E-state index < -0.39 is 5.54 Å². The average Bonchev–Trinajstić information content (AvgIpc) is 3.11. The van der Waals surface area contributed by atoms with E-state index in [1.165, 1.54) is 6.20 Å². The van der Waals surface area contributed by atoms with Crippen molar-refractivity contribution in [2.75, 3.05) is 13.3 Å². The number of carbonyl (C=O) groups excluding carboxylic acids is 1. The van der Waals surface area contributed by atoms with Crippen molar-refractivity contribution in [2.24, 2.45) is 0 Å². The van der Waals surface area contributed by atoms with Gasteiger partial charge >= 0.3 is 0 Å². The number of hydrogen-bond donors (Lipinski definition) is 1. The Morgan fingerprint density at radius 3 is 2.61 bits per heavy atom. The average molecular weight is 263 g/mol. The minimum atomic E-state index is -0.612. The first-order chi connectivity index (χ1) is 8.58. The van der Waals surface area contributed by atoms with E-state index in [0.29, 0.717) is 5.56 Å². The number of rotatable bonds is 2. The lowest BCUT2D eigenvalue weighted by Crippen LogP contribution is -2.35. The molecule has 0 aromatic carbocycles. The summed E-state index contributed by atoms with van der Waals surface area (Å²) in [6.45, 7) is 6.16. The molecular weight excluding hydrogens is 245 g/mol. The molecule has 1 amide bonds. The number of nitrogens with one attached hydrogen (secondary N) is 1. The van der Waals surface area contributed by atoms with Crippen LogP contribution in [-0.4, -0.2) is 29.8 Å². The first kappa shape index (κ1) is 14.6. The zero-order valence-electron chi connectivity index (χ0n) is 10.9. The number of aryl methyl sites for hydroxylation is 1. The fourth-order valence-electron chi connectivity index (χ4n) is 1.38. The van der Waals surface area contributed by atoms with Crippen LogP contribution in [0.15, 0.2) is 18.5 Å². The van der Waals surface area contributed by atoms with Crippen LogP contribution in [0.1, 0.15) is 28.8 Å². The summed E-state index contributed by atoms with van der Waals surface area (Å²) in [4.78, 5) is 15.7. The standard InChI is InChI=1S/C11H11N3O.C2H7P/c1-8-2-5-13-6-9(8)10(15)14-11(7-12)3-4-11;1-3-2/h2,5-6H,3-4H2,1H3,(H,14,15);3H,1-2H3. The van der Waals surface area contributed by atoms with Crippen LogP contribution in [0.5, 0.6) is 0 Å². The second-order valence-corrected chi connectivity index (χ2v) is 5.34. The van der Waals surface area contributed by atoms with Gasteiger partial charge in [-0.3, -0.25) is 9.78 Å². The number of aromatic nitrogens is 1. The molecule has 2 rings (SSSR count). The summed E-state index contributed by atoms with van der Waals surface area (Å²) in [6, 6.07) is 3.90. The maximum atomic E-state index is 11.8. The molecule has 0 atom stereocenters. The molecule has 1 heterocycles. The van der Waals surface area contributed by atoms with E-state index in [0.717, 1.165) is 27.0 Å². The van der Waals surface area contributed by atoms with E-state index in [9.17, 15) is 4.79 Å². The molecule has 0 aliphatic heterocycles. The van der Waals surface area contributed by atoms with Crippen molar-refractivity contribution in [2.45, 2.75) is 25.3 Å². The Bertz CT molecular complexity index is 464. The fourth-order valence-corrected chi connectivity index (χ4v) is 1.38. The second-order valence-electron chi connectivity index (χ2n) is 4.34. The maximum Gasteiger partial charge on any atom is 0.254 e. The third-order valence-corrected chi connectivity index (χ3v) is 2.60. The molecule has 0 unspecified atom stereocenters. The van der Waals surface area contributed by atoms with Crippen LogP contribution in [0, 0.1) is 18.3 Å². The first-order valence-electron chi connectivity index (χ1n) is 5.81. The molecule has 0 bridgehead atoms. The SMILES string of the molecule is CPC.Cc1ccncc1C(=O)NC1(C#N)CC1. The van der Waals surface area contributed by atoms with Crippen LogP contribution < -0.4 is 5.32 Å². The van der Waals surface area contributed by atoms with Gasteiger partial charge in [0, 0.05) is 12.4 Å². The highest BCUT2D eigenvalue weighted by Crippen LogP contribution is 2.34. The third kappa shape index (κ3) is 3.78. The summed E-state index contributed by atoms with van der Waals surface area (Å²) < 4.78 is 0. The largest absolute Gasteiger partial charge is 0.334 e. The normalized spacial score (nSPS) is 14.8. The number of pyridine rings is 1. The van der Waals surface area contributed by atoms with E-state index in [1.807, 2.05) is 6.92 Å². The molecule has 0 spiro atoms. The quantitative estimate of drug-likeness (QED) is 0.831. The molecule has 1 N–H and O–H groups in total. The molecule has 96 valence electrons. The van der Waals surface area contributed by atoms with Crippen LogP contribution in [0.4, 0.5) is 0 Å². The van der Waals surface area contributed by atoms with Crippen LogP contribution in [0.3, 0.4) is 0 Å². The highest BCUT2D eigenvalue weighted by atomic mass is 31.1. The molecule has 5 heteroatoms. The Morgan fingerprint density at radius 2 is 2.17 bits per heavy atom. The van der Waals surface area contributed by atoms with Gasteiger partial charge in [-0.2, -0.15) is 5.26 Å². The van der Waals surface area contributed by atoms with Crippen LogP contribution >= 0.6 is 8.58 Å². The Kier molecular flexibility index (Phi) is 5.25. The van der Waals surface area contributed by atoms with Crippen molar-refractivity contribution < 1.29 is 4.79 Å². The summed E-state index contributed by atoms with van der Waals surface area (Å²) in [6.07, 6.45) is 4.66. The van der Waals surface area contributed by atoms with Gasteiger partial charge in [0.2, 0.25) is 0 Å². The molecule has 1 aliphatic rings. The molecule has 0 radical (unpaired) electrons. The minimum Gasteiger partial charge on any atom is -0.334 e. The highest BCUT2D eigenvalue weighted by molar-refractivity contribution is 7.35. The van der Waals surface area contributed by atoms with E-state index in [4.69, 9.17) is 5.26 Å². The number of amides is 1. The van der Waals surface area contributed by atoms with Gasteiger partial charge in [0.25, 0.3) is 5.91 Å². The lowest BCUT2D eigenvalue weighted by Gasteiger charge is -2.10. The van der Waals surface area contributed by atoms with Crippen molar-refractivity contribution in [1.82, 2.24) is 10.3 Å². The molecule has 0 saturated heterocycles. The van der Waals surface area contributed by atoms with Gasteiger partial charge in [-0.1, -0.05) is 0 Å². The smallest absolute Gasteiger partial charge is 0.254 e. The predicted molar refractivity (Wildman–Crippen MR) is 74.2 cm³/mol. The lowest BCUT2D eigenvalue weighted by molar-refractivity contribution is 0.0940. The van der Waals surface area contributed by atoms with E-state index in [-0.39, 0.29) is 5.91 Å². The summed E-state index contributed by atoms with van der Waals surface area (Å²) in [5.41, 5.74) is 0.801. The van der Waals surface area contributed by atoms with Crippen molar-refractivity contribution in [3.8, 4) is 6.07 Å². The Morgan fingerprint density at radius 1 is 1.56 bits per heavy atom. The molecule has 1 aromatic heterocycles. The van der Waals surface area contributed by atoms with Crippen LogP contribution in [0.2, 0.25) is 0 Å². The fraction of sp³-hybridized carbons (Fsp3) is 0.462. The highest BCUT2D eigenvalue weighted by Gasteiger charge is 2.44. The zero-order chi connectivity index (χ0) is 13.6. The van der Waals surface area contributed by atoms with E-state index >= 15 is 0 Å². The van der Waals surface area contributed by atoms with Gasteiger partial charge in [0.1, 0.15) is 5.54 Å². The zero-order valence-corrected chi connectivity index (χ0v) is 11.9. The summed E-state index contributed by atoms with van der Waals surface area (Å²) in [5.74, 6) is -0.209. The monoisotopic (exact) mass is 263 g/mol. The van der Waals surface area contributed by atoms with E-state index in [2.05, 4.69) is 29.7 Å². The van der Waals surface area contributed by atoms with Crippen molar-refractivity contribution in [3.63, 3.8) is 0 Å². The Labute approximate surface area is 110 Å². The summed E-state index contributed by atoms with van der Waals surface area (Å²) in [5, 5.41) is 11.6. The topological polar surface area (TPSA) is 65.8 Å². The van der Waals surface area contributed by atoms with Gasteiger partial charge in [-0.05, 0) is 44.7 Å². The number of nitriles is 1. The molecule has 4 nitrogen and oxygen atoms in total. The van der Waals surface area contributed by atoms with Gasteiger partial charge in [-0.15, -0.1) is 8.58 Å². The van der Waals surface area contributed by atoms with Crippen molar-refractivity contribution in [3.05, 3.63) is 29.6 Å². The molecule has 1 fully saturated rings. The predicted octanol–water partition coefficient (Wildman–Crippen LogP) is 2.10. The third-order valence-electron chi connectivity index (χ3n) is 2.60. The molecule has 1 aliphatic carbocycles. The summed E-state index contributed by atoms with van der Waals surface area (Å²) in [7, 11) is 1.08. The van der Waals surface area contributed by atoms with Crippen LogP contribution in [-0.2, 0) is 0 Å². The molecular formula is C13H18N3OP. The molecule has 18 heavy (non-hydrogen) atoms. The molecule has 1 aromatic rings. The van der Waals surface area contributed by atoms with Crippen molar-refractivity contribution >= 4 is 14.5 Å². The number of nitrogens with zero attached hydrogens (tertiary/aromatic N) is 2. The first-order valence-corrected chi connectivity index (χ1v) is 7.81. The lowest BCUT2D eigenvalue weighted by atomic mass is 10.1. The minimum absolute atomic E-state index is 0.209. The Balaban J connectivity index is 0.000000492. The number of carbonyl (C=O) groups is 1. The van der Waals surface area contributed by atoms with E-state index in [1.54, 1.807) is 12.3 Å². The Hall–Kier alpha value is -1.46. The van der Waals surface area contributed by atoms with Gasteiger partial charge in [-0.25, -0.2) is 0 Å². The molecule has 1 saturated carbocycles. The second kappa shape index (κ2) is 6.47. The maximum absolute atomic E-state index is 11.8. The van der Waals surface area contributed by atoms with Gasteiger partial charge < -0.3 is 5.32 Å². The van der Waals surface area contributed by atoms with Crippen LogP contribution in [0.25, 0.3) is 0 Å². The summed E-state index contributed by atoms with van der Waals surface area (Å²) >= 11 is 0. The number of hydrogen-bond acceptors (Lipinski definition) is 3. The van der Waals surface area contributed by atoms with Gasteiger partial charge in [0.05, 0.1) is 11.6 Å².